The molecule has 0 spiro atoms. The minimum atomic E-state index is -1.67. The fourth-order valence-electron chi connectivity index (χ4n) is 2.40. The molecule has 1 fully saturated rings. The van der Waals surface area contributed by atoms with Crippen molar-refractivity contribution in [1.29, 1.82) is 0 Å². The smallest absolute Gasteiger partial charge is 0.374 e. The summed E-state index contributed by atoms with van der Waals surface area (Å²) in [5.41, 5.74) is 0.291. The molecule has 2 atom stereocenters. The maximum absolute atomic E-state index is 12.0. The van der Waals surface area contributed by atoms with Crippen LogP contribution in [0.15, 0.2) is 11.6 Å². The van der Waals surface area contributed by atoms with Crippen molar-refractivity contribution in [3.63, 3.8) is 0 Å². The summed E-state index contributed by atoms with van der Waals surface area (Å²) in [4.78, 5) is 11.3. The van der Waals surface area contributed by atoms with Crippen LogP contribution in [0.1, 0.15) is 46.0 Å². The van der Waals surface area contributed by atoms with Crippen LogP contribution in [0.25, 0.3) is 0 Å². The summed E-state index contributed by atoms with van der Waals surface area (Å²) in [5.74, 6) is -0.989. The highest BCUT2D eigenvalue weighted by Crippen LogP contribution is 2.33. The second kappa shape index (κ2) is 8.44. The predicted octanol–water partition coefficient (Wildman–Crippen LogP) is 3.79. The number of carboxylic acid groups (broad SMARTS) is 1. The molecule has 4 nitrogen and oxygen atoms in total. The Morgan fingerprint density at radius 2 is 2.05 bits per heavy atom. The predicted molar refractivity (Wildman–Crippen MR) is 75.9 cm³/mol. The SMILES string of the molecule is CCOC(C)[P+](=O)CC(=CC1CCCCC1)C(=O)O. The molecule has 108 valence electrons. The molecule has 0 aliphatic heterocycles. The number of hydrogen-bond acceptors (Lipinski definition) is 3. The van der Waals surface area contributed by atoms with Gasteiger partial charge in [-0.2, -0.15) is 0 Å². The van der Waals surface area contributed by atoms with E-state index in [4.69, 9.17) is 4.74 Å². The van der Waals surface area contributed by atoms with Crippen LogP contribution in [0.5, 0.6) is 0 Å². The minimum absolute atomic E-state index is 0.113. The van der Waals surface area contributed by atoms with Crippen LogP contribution in [0, 0.1) is 5.92 Å². The highest BCUT2D eigenvalue weighted by Gasteiger charge is 2.30. The van der Waals surface area contributed by atoms with Crippen LogP contribution in [0.4, 0.5) is 0 Å². The zero-order chi connectivity index (χ0) is 14.3. The Morgan fingerprint density at radius 1 is 1.42 bits per heavy atom. The number of rotatable bonds is 7. The van der Waals surface area contributed by atoms with E-state index in [2.05, 4.69) is 0 Å². The summed E-state index contributed by atoms with van der Waals surface area (Å²) >= 11 is 0. The van der Waals surface area contributed by atoms with E-state index in [-0.39, 0.29) is 12.0 Å². The number of carbonyl (C=O) groups is 1. The summed E-state index contributed by atoms with van der Waals surface area (Å²) in [7, 11) is -1.67. The molecule has 5 heteroatoms. The Kier molecular flexibility index (Phi) is 7.25. The lowest BCUT2D eigenvalue weighted by molar-refractivity contribution is -0.132. The van der Waals surface area contributed by atoms with Gasteiger partial charge < -0.3 is 9.84 Å². The third-order valence-electron chi connectivity index (χ3n) is 3.50. The number of hydrogen-bond donors (Lipinski definition) is 1. The molecule has 0 aromatic carbocycles. The highest BCUT2D eigenvalue weighted by atomic mass is 31.1. The third kappa shape index (κ3) is 5.84. The van der Waals surface area contributed by atoms with E-state index in [9.17, 15) is 14.5 Å². The Morgan fingerprint density at radius 3 is 2.58 bits per heavy atom. The van der Waals surface area contributed by atoms with Gasteiger partial charge in [0.1, 0.15) is 0 Å². The Balaban J connectivity index is 2.64. The molecule has 0 radical (unpaired) electrons. The first-order valence-corrected chi connectivity index (χ1v) is 8.55. The van der Waals surface area contributed by atoms with Gasteiger partial charge in [-0.1, -0.05) is 29.9 Å². The molecule has 0 saturated heterocycles. The fraction of sp³-hybridized carbons (Fsp3) is 0.786. The summed E-state index contributed by atoms with van der Waals surface area (Å²) in [6.45, 7) is 4.08. The highest BCUT2D eigenvalue weighted by molar-refractivity contribution is 7.45. The van der Waals surface area contributed by atoms with Crippen molar-refractivity contribution in [2.75, 3.05) is 12.8 Å². The van der Waals surface area contributed by atoms with Crippen LogP contribution in [-0.2, 0) is 14.1 Å². The minimum Gasteiger partial charge on any atom is -0.478 e. The van der Waals surface area contributed by atoms with Crippen molar-refractivity contribution in [3.8, 4) is 0 Å². The number of ether oxygens (including phenoxy) is 1. The number of aliphatic carboxylic acids is 1. The molecule has 0 heterocycles. The first-order chi connectivity index (χ1) is 9.04. The van der Waals surface area contributed by atoms with Gasteiger partial charge in [-0.3, -0.25) is 0 Å². The maximum Gasteiger partial charge on any atom is 0.374 e. The summed E-state index contributed by atoms with van der Waals surface area (Å²) in [6, 6.07) is 0. The van der Waals surface area contributed by atoms with Gasteiger partial charge in [-0.05, 0) is 25.7 Å². The van der Waals surface area contributed by atoms with E-state index in [0.717, 1.165) is 25.7 Å². The van der Waals surface area contributed by atoms with Crippen molar-refractivity contribution >= 4 is 13.8 Å². The molecule has 19 heavy (non-hydrogen) atoms. The summed E-state index contributed by atoms with van der Waals surface area (Å²) in [5, 5.41) is 9.23. The van der Waals surface area contributed by atoms with Gasteiger partial charge >= 0.3 is 13.8 Å². The molecule has 1 rings (SSSR count). The van der Waals surface area contributed by atoms with E-state index < -0.39 is 13.8 Å². The molecular formula is C14H24O4P+. The van der Waals surface area contributed by atoms with Gasteiger partial charge in [0.2, 0.25) is 0 Å². The van der Waals surface area contributed by atoms with Crippen LogP contribution >= 0.6 is 7.80 Å². The summed E-state index contributed by atoms with van der Waals surface area (Å²) < 4.78 is 17.3. The van der Waals surface area contributed by atoms with Crippen molar-refractivity contribution < 1.29 is 19.2 Å². The van der Waals surface area contributed by atoms with Gasteiger partial charge in [-0.25, -0.2) is 4.79 Å². The van der Waals surface area contributed by atoms with E-state index in [1.807, 2.05) is 13.0 Å². The van der Waals surface area contributed by atoms with Gasteiger partial charge in [0, 0.05) is 13.5 Å². The Labute approximate surface area is 116 Å². The van der Waals surface area contributed by atoms with E-state index in [1.54, 1.807) is 6.92 Å². The molecule has 0 aromatic heterocycles. The van der Waals surface area contributed by atoms with Crippen molar-refractivity contribution in [2.45, 2.75) is 51.8 Å². The van der Waals surface area contributed by atoms with Gasteiger partial charge in [-0.15, -0.1) is 0 Å². The lowest BCUT2D eigenvalue weighted by Gasteiger charge is -2.18. The zero-order valence-electron chi connectivity index (χ0n) is 11.8. The van der Waals surface area contributed by atoms with Crippen LogP contribution in [0.3, 0.4) is 0 Å². The summed E-state index contributed by atoms with van der Waals surface area (Å²) in [6.07, 6.45) is 7.60. The third-order valence-corrected chi connectivity index (χ3v) is 5.11. The van der Waals surface area contributed by atoms with Gasteiger partial charge in [0.25, 0.3) is 5.85 Å². The molecular weight excluding hydrogens is 263 g/mol. The monoisotopic (exact) mass is 287 g/mol. The molecule has 1 saturated carbocycles. The average molecular weight is 287 g/mol. The lowest BCUT2D eigenvalue weighted by atomic mass is 9.88. The molecule has 0 aromatic rings. The quantitative estimate of drug-likeness (QED) is 0.571. The largest absolute Gasteiger partial charge is 0.478 e. The topological polar surface area (TPSA) is 63.6 Å². The van der Waals surface area contributed by atoms with Gasteiger partial charge in [0.15, 0.2) is 6.16 Å². The second-order valence-electron chi connectivity index (χ2n) is 5.02. The van der Waals surface area contributed by atoms with E-state index >= 15 is 0 Å². The molecule has 0 amide bonds. The van der Waals surface area contributed by atoms with E-state index in [0.29, 0.717) is 18.1 Å². The Bertz CT molecular complexity index is 345. The fourth-order valence-corrected chi connectivity index (χ4v) is 3.55. The molecule has 1 aliphatic carbocycles. The first kappa shape index (κ1) is 16.3. The van der Waals surface area contributed by atoms with Crippen molar-refractivity contribution in [3.05, 3.63) is 11.6 Å². The normalized spacial score (nSPS) is 20.1. The average Bonchev–Trinajstić information content (AvgIpc) is 2.39. The van der Waals surface area contributed by atoms with Crippen LogP contribution in [0.2, 0.25) is 0 Å². The van der Waals surface area contributed by atoms with Crippen molar-refractivity contribution in [2.24, 2.45) is 5.92 Å². The van der Waals surface area contributed by atoms with E-state index in [1.165, 1.54) is 6.42 Å². The molecule has 1 N–H and O–H groups in total. The second-order valence-corrected chi connectivity index (χ2v) is 6.90. The standard InChI is InChI=1S/C14H23O4P/c1-3-18-11(2)19(17)10-13(14(15)16)9-12-7-5-4-6-8-12/h9,11-12H,3-8,10H2,1-2H3/p+1. The molecule has 0 bridgehead atoms. The first-order valence-electron chi connectivity index (χ1n) is 7.04. The number of carboxylic acids is 1. The molecule has 1 aliphatic rings. The van der Waals surface area contributed by atoms with Crippen LogP contribution in [-0.4, -0.2) is 29.7 Å². The van der Waals surface area contributed by atoms with Crippen molar-refractivity contribution in [1.82, 2.24) is 0 Å². The van der Waals surface area contributed by atoms with Crippen LogP contribution < -0.4 is 0 Å². The molecule has 2 unspecified atom stereocenters. The lowest BCUT2D eigenvalue weighted by Crippen LogP contribution is -2.12. The number of allylic oxidation sites excluding steroid dienone is 1. The van der Waals surface area contributed by atoms with Gasteiger partial charge in [0.05, 0.1) is 5.57 Å². The zero-order valence-corrected chi connectivity index (χ0v) is 12.7. The maximum atomic E-state index is 12.0. The Hall–Kier alpha value is -0.730.